The number of nitrogens with zero attached hydrogens (tertiary/aromatic N) is 2. The van der Waals surface area contributed by atoms with Gasteiger partial charge in [0.1, 0.15) is 0 Å². The first-order valence-electron chi connectivity index (χ1n) is 6.79. The monoisotopic (exact) mass is 390 g/mol. The van der Waals surface area contributed by atoms with Crippen molar-refractivity contribution < 1.29 is 23.1 Å². The summed E-state index contributed by atoms with van der Waals surface area (Å²) in [5.74, 6) is -0.955. The van der Waals surface area contributed by atoms with Crippen LogP contribution in [0.25, 0.3) is 5.69 Å². The van der Waals surface area contributed by atoms with Crippen LogP contribution >= 0.6 is 15.9 Å². The van der Waals surface area contributed by atoms with Gasteiger partial charge in [-0.15, -0.1) is 0 Å². The Morgan fingerprint density at radius 2 is 1.87 bits per heavy atom. The van der Waals surface area contributed by atoms with Crippen LogP contribution in [0.1, 0.15) is 35.6 Å². The maximum atomic E-state index is 12.6. The summed E-state index contributed by atoms with van der Waals surface area (Å²) in [6, 6.07) is 4.21. The van der Waals surface area contributed by atoms with Crippen LogP contribution in [0.3, 0.4) is 0 Å². The molecular formula is C15H14BrF3N2O2. The molecule has 124 valence electrons. The Kier molecular flexibility index (Phi) is 4.84. The summed E-state index contributed by atoms with van der Waals surface area (Å²) in [5.41, 5.74) is -0.101. The molecule has 1 aromatic carbocycles. The molecule has 0 aliphatic rings. The molecule has 0 fully saturated rings. The lowest BCUT2D eigenvalue weighted by Gasteiger charge is -2.08. The van der Waals surface area contributed by atoms with Gasteiger partial charge in [-0.1, -0.05) is 13.8 Å². The van der Waals surface area contributed by atoms with E-state index in [1.807, 2.05) is 13.8 Å². The van der Waals surface area contributed by atoms with Crippen molar-refractivity contribution in [2.45, 2.75) is 26.4 Å². The van der Waals surface area contributed by atoms with Gasteiger partial charge in [0, 0.05) is 0 Å². The molecular weight excluding hydrogens is 377 g/mol. The molecule has 0 saturated heterocycles. The van der Waals surface area contributed by atoms with Crippen molar-refractivity contribution in [2.24, 2.45) is 5.92 Å². The highest BCUT2D eigenvalue weighted by Crippen LogP contribution is 2.31. The van der Waals surface area contributed by atoms with E-state index in [0.717, 1.165) is 16.8 Å². The Morgan fingerprint density at radius 3 is 2.30 bits per heavy atom. The van der Waals surface area contributed by atoms with E-state index >= 15 is 0 Å². The van der Waals surface area contributed by atoms with Gasteiger partial charge in [0.25, 0.3) is 0 Å². The number of carbonyl (C=O) groups is 1. The van der Waals surface area contributed by atoms with Crippen molar-refractivity contribution in [3.8, 4) is 5.69 Å². The van der Waals surface area contributed by atoms with E-state index in [0.29, 0.717) is 16.6 Å². The van der Waals surface area contributed by atoms with Crippen LogP contribution in [0.15, 0.2) is 28.7 Å². The Balaban J connectivity index is 2.52. The zero-order valence-electron chi connectivity index (χ0n) is 12.4. The van der Waals surface area contributed by atoms with E-state index in [2.05, 4.69) is 21.0 Å². The predicted octanol–water partition coefficient (Wildman–Crippen LogP) is 4.55. The number of rotatable bonds is 4. The van der Waals surface area contributed by atoms with Crippen LogP contribution < -0.4 is 0 Å². The molecule has 0 aliphatic carbocycles. The molecule has 2 rings (SSSR count). The Labute approximate surface area is 139 Å². The third kappa shape index (κ3) is 3.74. The minimum atomic E-state index is -4.44. The molecule has 4 nitrogen and oxygen atoms in total. The molecule has 0 atom stereocenters. The average Bonchev–Trinajstić information content (AvgIpc) is 2.74. The van der Waals surface area contributed by atoms with Crippen LogP contribution in [0.2, 0.25) is 0 Å². The molecule has 0 amide bonds. The largest absolute Gasteiger partial charge is 0.476 e. The molecule has 0 bridgehead atoms. The van der Waals surface area contributed by atoms with E-state index in [1.165, 1.54) is 12.1 Å². The molecule has 1 heterocycles. The Morgan fingerprint density at radius 1 is 1.30 bits per heavy atom. The first-order valence-corrected chi connectivity index (χ1v) is 7.59. The van der Waals surface area contributed by atoms with Crippen LogP contribution in [0.4, 0.5) is 13.2 Å². The van der Waals surface area contributed by atoms with E-state index in [9.17, 15) is 23.1 Å². The van der Waals surface area contributed by atoms with Crippen LogP contribution in [-0.2, 0) is 12.6 Å². The third-order valence-corrected chi connectivity index (χ3v) is 3.97. The quantitative estimate of drug-likeness (QED) is 0.832. The highest BCUT2D eigenvalue weighted by atomic mass is 79.9. The normalized spacial score (nSPS) is 12.0. The van der Waals surface area contributed by atoms with Gasteiger partial charge in [0.05, 0.1) is 21.4 Å². The zero-order chi connectivity index (χ0) is 17.4. The first kappa shape index (κ1) is 17.5. The number of benzene rings is 1. The molecule has 2 aromatic rings. The van der Waals surface area contributed by atoms with Crippen molar-refractivity contribution >= 4 is 21.9 Å². The molecule has 0 unspecified atom stereocenters. The number of halogens is 4. The van der Waals surface area contributed by atoms with E-state index in [-0.39, 0.29) is 17.3 Å². The summed E-state index contributed by atoms with van der Waals surface area (Å²) >= 11 is 3.23. The second-order valence-corrected chi connectivity index (χ2v) is 6.26. The van der Waals surface area contributed by atoms with E-state index in [4.69, 9.17) is 0 Å². The van der Waals surface area contributed by atoms with Crippen LogP contribution in [0.5, 0.6) is 0 Å². The number of hydrogen-bond donors (Lipinski definition) is 1. The standard InChI is InChI=1S/C15H14BrF3N2O2/c1-8(2)7-11-12(16)13(14(22)23)21(20-11)10-5-3-9(4-6-10)15(17,18)19/h3-6,8H,7H2,1-2H3,(H,22,23). The second kappa shape index (κ2) is 6.35. The molecule has 0 spiro atoms. The molecule has 0 radical (unpaired) electrons. The molecule has 8 heteroatoms. The van der Waals surface area contributed by atoms with Gasteiger partial charge in [-0.05, 0) is 52.5 Å². The van der Waals surface area contributed by atoms with Crippen LogP contribution in [-0.4, -0.2) is 20.9 Å². The highest BCUT2D eigenvalue weighted by Gasteiger charge is 2.30. The number of hydrogen-bond acceptors (Lipinski definition) is 2. The minimum Gasteiger partial charge on any atom is -0.476 e. The summed E-state index contributed by atoms with van der Waals surface area (Å²) in [4.78, 5) is 11.5. The second-order valence-electron chi connectivity index (χ2n) is 5.47. The van der Waals surface area contributed by atoms with Gasteiger partial charge in [0.15, 0.2) is 5.69 Å². The Hall–Kier alpha value is -1.83. The Bertz CT molecular complexity index is 722. The van der Waals surface area contributed by atoms with Crippen molar-refractivity contribution in [1.82, 2.24) is 9.78 Å². The number of aromatic carboxylic acids is 1. The van der Waals surface area contributed by atoms with Gasteiger partial charge in [-0.25, -0.2) is 9.48 Å². The summed E-state index contributed by atoms with van der Waals surface area (Å²) in [6.07, 6.45) is -3.89. The fourth-order valence-corrected chi connectivity index (χ4v) is 2.70. The first-order chi connectivity index (χ1) is 10.6. The average molecular weight is 391 g/mol. The molecule has 23 heavy (non-hydrogen) atoms. The third-order valence-electron chi connectivity index (χ3n) is 3.14. The number of alkyl halides is 3. The molecule has 0 saturated carbocycles. The maximum Gasteiger partial charge on any atom is 0.416 e. The summed E-state index contributed by atoms with van der Waals surface area (Å²) in [5, 5.41) is 13.6. The fraction of sp³-hybridized carbons (Fsp3) is 0.333. The lowest BCUT2D eigenvalue weighted by molar-refractivity contribution is -0.137. The van der Waals surface area contributed by atoms with Gasteiger partial charge in [0.2, 0.25) is 0 Å². The number of aromatic nitrogens is 2. The number of carboxylic acid groups (broad SMARTS) is 1. The molecule has 1 aromatic heterocycles. The van der Waals surface area contributed by atoms with Crippen molar-refractivity contribution in [2.75, 3.05) is 0 Å². The minimum absolute atomic E-state index is 0.111. The smallest absolute Gasteiger partial charge is 0.416 e. The lowest BCUT2D eigenvalue weighted by Crippen LogP contribution is -2.10. The van der Waals surface area contributed by atoms with E-state index < -0.39 is 17.7 Å². The van der Waals surface area contributed by atoms with Gasteiger partial charge in [-0.2, -0.15) is 18.3 Å². The predicted molar refractivity (Wildman–Crippen MR) is 81.8 cm³/mol. The maximum absolute atomic E-state index is 12.6. The summed E-state index contributed by atoms with van der Waals surface area (Å²) in [7, 11) is 0. The molecule has 0 aliphatic heterocycles. The topological polar surface area (TPSA) is 55.1 Å². The van der Waals surface area contributed by atoms with Gasteiger partial charge < -0.3 is 5.11 Å². The SMILES string of the molecule is CC(C)Cc1nn(-c2ccc(C(F)(F)F)cc2)c(C(=O)O)c1Br. The fourth-order valence-electron chi connectivity index (χ4n) is 2.12. The molecule has 1 N–H and O–H groups in total. The lowest BCUT2D eigenvalue weighted by atomic mass is 10.1. The summed E-state index contributed by atoms with van der Waals surface area (Å²) in [6.45, 7) is 3.92. The van der Waals surface area contributed by atoms with E-state index in [1.54, 1.807) is 0 Å². The van der Waals surface area contributed by atoms with Crippen molar-refractivity contribution in [1.29, 1.82) is 0 Å². The summed E-state index contributed by atoms with van der Waals surface area (Å²) < 4.78 is 39.3. The highest BCUT2D eigenvalue weighted by molar-refractivity contribution is 9.10. The van der Waals surface area contributed by atoms with Crippen molar-refractivity contribution in [3.63, 3.8) is 0 Å². The van der Waals surface area contributed by atoms with Crippen molar-refractivity contribution in [3.05, 3.63) is 45.7 Å². The zero-order valence-corrected chi connectivity index (χ0v) is 13.9. The van der Waals surface area contributed by atoms with Gasteiger partial charge in [-0.3, -0.25) is 0 Å². The van der Waals surface area contributed by atoms with Crippen LogP contribution in [0, 0.1) is 5.92 Å². The number of carboxylic acids is 1. The van der Waals surface area contributed by atoms with Gasteiger partial charge >= 0.3 is 12.1 Å².